The van der Waals surface area contributed by atoms with E-state index in [4.69, 9.17) is 17.3 Å². The number of rotatable bonds is 3. The van der Waals surface area contributed by atoms with Crippen molar-refractivity contribution in [2.24, 2.45) is 5.73 Å². The minimum atomic E-state index is 0.398. The molecule has 5 nitrogen and oxygen atoms in total. The van der Waals surface area contributed by atoms with Gasteiger partial charge in [0.05, 0.1) is 28.7 Å². The molecule has 0 fully saturated rings. The van der Waals surface area contributed by atoms with Gasteiger partial charge in [-0.15, -0.1) is 16.4 Å². The van der Waals surface area contributed by atoms with Crippen molar-refractivity contribution in [3.8, 4) is 0 Å². The normalized spacial score (nSPS) is 11.2. The first kappa shape index (κ1) is 11.6. The van der Waals surface area contributed by atoms with Gasteiger partial charge in [0.1, 0.15) is 5.01 Å². The van der Waals surface area contributed by atoms with Crippen LogP contribution in [0.15, 0.2) is 24.4 Å². The highest BCUT2D eigenvalue weighted by Gasteiger charge is 2.06. The topological polar surface area (TPSA) is 69.6 Å². The molecule has 0 aliphatic rings. The fourth-order valence-corrected chi connectivity index (χ4v) is 2.77. The van der Waals surface area contributed by atoms with Gasteiger partial charge >= 0.3 is 0 Å². The van der Waals surface area contributed by atoms with E-state index < -0.39 is 0 Å². The van der Waals surface area contributed by atoms with Gasteiger partial charge in [-0.05, 0) is 18.2 Å². The van der Waals surface area contributed by atoms with E-state index in [9.17, 15) is 0 Å². The minimum absolute atomic E-state index is 0.398. The Kier molecular flexibility index (Phi) is 2.99. The first-order chi connectivity index (χ1) is 8.74. The largest absolute Gasteiger partial charge is 0.325 e. The molecule has 1 aromatic carbocycles. The molecule has 0 aliphatic carbocycles. The fraction of sp³-hybridized carbons (Fsp3) is 0.182. The van der Waals surface area contributed by atoms with Crippen LogP contribution in [-0.2, 0) is 13.1 Å². The molecule has 0 spiro atoms. The van der Waals surface area contributed by atoms with E-state index in [1.54, 1.807) is 16.0 Å². The van der Waals surface area contributed by atoms with Gasteiger partial charge in [0, 0.05) is 11.6 Å². The summed E-state index contributed by atoms with van der Waals surface area (Å²) in [5, 5.41) is 9.61. The van der Waals surface area contributed by atoms with Crippen molar-refractivity contribution in [1.29, 1.82) is 0 Å². The van der Waals surface area contributed by atoms with Crippen molar-refractivity contribution in [1.82, 2.24) is 20.0 Å². The lowest BCUT2D eigenvalue weighted by molar-refractivity contribution is 0.647. The van der Waals surface area contributed by atoms with Crippen molar-refractivity contribution in [3.63, 3.8) is 0 Å². The Morgan fingerprint density at radius 3 is 3.06 bits per heavy atom. The lowest BCUT2D eigenvalue weighted by Crippen LogP contribution is -1.99. The second kappa shape index (κ2) is 4.64. The predicted molar refractivity (Wildman–Crippen MR) is 71.6 cm³/mol. The Bertz CT molecular complexity index is 690. The third-order valence-electron chi connectivity index (χ3n) is 2.49. The molecular formula is C11H10ClN5S. The quantitative estimate of drug-likeness (QED) is 0.797. The summed E-state index contributed by atoms with van der Waals surface area (Å²) < 4.78 is 2.86. The van der Waals surface area contributed by atoms with E-state index >= 15 is 0 Å². The van der Waals surface area contributed by atoms with Crippen molar-refractivity contribution < 1.29 is 0 Å². The highest BCUT2D eigenvalue weighted by Crippen LogP contribution is 2.25. The third-order valence-corrected chi connectivity index (χ3v) is 3.74. The Morgan fingerprint density at radius 2 is 2.28 bits per heavy atom. The predicted octanol–water partition coefficient (Wildman–Crippen LogP) is 2.05. The Hall–Kier alpha value is -1.50. The molecule has 7 heteroatoms. The molecule has 3 rings (SSSR count). The van der Waals surface area contributed by atoms with Crippen molar-refractivity contribution in [2.45, 2.75) is 13.1 Å². The first-order valence-electron chi connectivity index (χ1n) is 5.38. The van der Waals surface area contributed by atoms with Gasteiger partial charge in [-0.3, -0.25) is 0 Å². The van der Waals surface area contributed by atoms with Gasteiger partial charge < -0.3 is 5.73 Å². The van der Waals surface area contributed by atoms with Gasteiger partial charge in [0.15, 0.2) is 0 Å². The van der Waals surface area contributed by atoms with Crippen LogP contribution in [0, 0.1) is 0 Å². The van der Waals surface area contributed by atoms with E-state index in [0.717, 1.165) is 20.9 Å². The van der Waals surface area contributed by atoms with Crippen LogP contribution in [0.3, 0.4) is 0 Å². The van der Waals surface area contributed by atoms with Gasteiger partial charge in [-0.25, -0.2) is 9.67 Å². The molecule has 2 heterocycles. The molecule has 0 aliphatic heterocycles. The van der Waals surface area contributed by atoms with Gasteiger partial charge in [-0.1, -0.05) is 16.8 Å². The molecule has 0 unspecified atom stereocenters. The monoisotopic (exact) mass is 279 g/mol. The summed E-state index contributed by atoms with van der Waals surface area (Å²) in [6.07, 6.45) is 1.83. The van der Waals surface area contributed by atoms with E-state index in [0.29, 0.717) is 18.1 Å². The number of nitrogens with two attached hydrogens (primary N) is 1. The number of hydrogen-bond donors (Lipinski definition) is 1. The van der Waals surface area contributed by atoms with Crippen LogP contribution in [0.25, 0.3) is 10.2 Å². The zero-order chi connectivity index (χ0) is 12.5. The number of fused-ring (bicyclic) bond motifs is 1. The SMILES string of the molecule is NCc1cn(Cc2nc3cc(Cl)ccc3s2)nn1. The zero-order valence-corrected chi connectivity index (χ0v) is 10.9. The van der Waals surface area contributed by atoms with Crippen LogP contribution in [-0.4, -0.2) is 20.0 Å². The van der Waals surface area contributed by atoms with Crippen molar-refractivity contribution >= 4 is 33.2 Å². The standard InChI is InChI=1S/C11H10ClN5S/c12-7-1-2-10-9(3-7)14-11(18-10)6-17-5-8(4-13)15-16-17/h1-3,5H,4,6,13H2. The minimum Gasteiger partial charge on any atom is -0.325 e. The molecule has 0 radical (unpaired) electrons. The molecule has 0 bridgehead atoms. The fourth-order valence-electron chi connectivity index (χ4n) is 1.66. The second-order valence-corrected chi connectivity index (χ2v) is 5.38. The number of hydrogen-bond acceptors (Lipinski definition) is 5. The molecule has 2 N–H and O–H groups in total. The first-order valence-corrected chi connectivity index (χ1v) is 6.58. The maximum atomic E-state index is 5.93. The Labute approximate surface area is 112 Å². The van der Waals surface area contributed by atoms with Gasteiger partial charge in [0.25, 0.3) is 0 Å². The van der Waals surface area contributed by atoms with Gasteiger partial charge in [-0.2, -0.15) is 0 Å². The van der Waals surface area contributed by atoms with Crippen LogP contribution in [0.2, 0.25) is 5.02 Å². The van der Waals surface area contributed by atoms with Crippen LogP contribution >= 0.6 is 22.9 Å². The maximum Gasteiger partial charge on any atom is 0.115 e. The van der Waals surface area contributed by atoms with Crippen molar-refractivity contribution in [3.05, 3.63) is 40.1 Å². The number of nitrogens with zero attached hydrogens (tertiary/aromatic N) is 4. The van der Waals surface area contributed by atoms with Crippen LogP contribution in [0.1, 0.15) is 10.7 Å². The molecule has 2 aromatic heterocycles. The highest BCUT2D eigenvalue weighted by atomic mass is 35.5. The average molecular weight is 280 g/mol. The number of thiazole rings is 1. The summed E-state index contributed by atoms with van der Waals surface area (Å²) in [6.45, 7) is 0.999. The van der Waals surface area contributed by atoms with Crippen LogP contribution in [0.5, 0.6) is 0 Å². The maximum absolute atomic E-state index is 5.93. The Morgan fingerprint density at radius 1 is 1.39 bits per heavy atom. The zero-order valence-electron chi connectivity index (χ0n) is 9.38. The lowest BCUT2D eigenvalue weighted by atomic mass is 10.3. The van der Waals surface area contributed by atoms with Crippen molar-refractivity contribution in [2.75, 3.05) is 0 Å². The van der Waals surface area contributed by atoms with E-state index in [1.165, 1.54) is 0 Å². The Balaban J connectivity index is 1.90. The molecule has 0 saturated heterocycles. The summed E-state index contributed by atoms with van der Waals surface area (Å²) >= 11 is 7.56. The molecular weight excluding hydrogens is 270 g/mol. The van der Waals surface area contributed by atoms with E-state index in [1.807, 2.05) is 24.4 Å². The van der Waals surface area contributed by atoms with Crippen LogP contribution < -0.4 is 5.73 Å². The summed E-state index contributed by atoms with van der Waals surface area (Å²) in [5.74, 6) is 0. The summed E-state index contributed by atoms with van der Waals surface area (Å²) in [7, 11) is 0. The number of aromatic nitrogens is 4. The molecule has 0 amide bonds. The number of benzene rings is 1. The second-order valence-electron chi connectivity index (χ2n) is 3.83. The van der Waals surface area contributed by atoms with Crippen LogP contribution in [0.4, 0.5) is 0 Å². The van der Waals surface area contributed by atoms with E-state index in [2.05, 4.69) is 15.3 Å². The third kappa shape index (κ3) is 2.22. The average Bonchev–Trinajstić information content (AvgIpc) is 2.95. The summed E-state index contributed by atoms with van der Waals surface area (Å²) in [4.78, 5) is 4.52. The highest BCUT2D eigenvalue weighted by molar-refractivity contribution is 7.18. The molecule has 3 aromatic rings. The molecule has 92 valence electrons. The molecule has 18 heavy (non-hydrogen) atoms. The smallest absolute Gasteiger partial charge is 0.115 e. The molecule has 0 atom stereocenters. The van der Waals surface area contributed by atoms with E-state index in [-0.39, 0.29) is 0 Å². The summed E-state index contributed by atoms with van der Waals surface area (Å²) in [6, 6.07) is 5.71. The van der Waals surface area contributed by atoms with Gasteiger partial charge in [0.2, 0.25) is 0 Å². The lowest BCUT2D eigenvalue weighted by Gasteiger charge is -1.93. The number of halogens is 1. The molecule has 0 saturated carbocycles. The summed E-state index contributed by atoms with van der Waals surface area (Å²) in [5.41, 5.74) is 7.19.